The number of sulfonamides is 1. The quantitative estimate of drug-likeness (QED) is 0.880. The van der Waals surface area contributed by atoms with Crippen molar-refractivity contribution in [2.75, 3.05) is 4.72 Å². The average molecular weight is 316 g/mol. The van der Waals surface area contributed by atoms with Crippen LogP contribution in [0.15, 0.2) is 52.3 Å². The molecule has 0 bridgehead atoms. The Labute approximate surface area is 118 Å². The highest BCUT2D eigenvalue weighted by Gasteiger charge is 2.15. The van der Waals surface area contributed by atoms with Gasteiger partial charge in [-0.2, -0.15) is 8.78 Å². The van der Waals surface area contributed by atoms with Gasteiger partial charge >= 0.3 is 6.61 Å². The number of alkyl halides is 2. The maximum atomic E-state index is 12.1. The van der Waals surface area contributed by atoms with Crippen LogP contribution in [-0.2, 0) is 10.0 Å². The molecule has 0 amide bonds. The maximum absolute atomic E-state index is 12.1. The second-order valence-electron chi connectivity index (χ2n) is 3.90. The lowest BCUT2D eigenvalue weighted by Gasteiger charge is -2.09. The Morgan fingerprint density at radius 2 is 1.95 bits per heavy atom. The molecule has 0 radical (unpaired) electrons. The molecule has 112 valence electrons. The van der Waals surface area contributed by atoms with E-state index in [1.807, 2.05) is 0 Å². The first kappa shape index (κ1) is 15.0. The van der Waals surface area contributed by atoms with Crippen LogP contribution in [0.4, 0.5) is 14.5 Å². The summed E-state index contributed by atoms with van der Waals surface area (Å²) in [6.45, 7) is -3.00. The molecule has 0 fully saturated rings. The molecule has 0 aliphatic heterocycles. The number of pyridine rings is 1. The third-order valence-electron chi connectivity index (χ3n) is 2.38. The average Bonchev–Trinajstić information content (AvgIpc) is 2.38. The van der Waals surface area contributed by atoms with Gasteiger partial charge < -0.3 is 9.72 Å². The molecule has 0 unspecified atom stereocenters. The van der Waals surface area contributed by atoms with Crippen LogP contribution in [-0.4, -0.2) is 20.0 Å². The Kier molecular flexibility index (Phi) is 4.22. The van der Waals surface area contributed by atoms with E-state index in [1.54, 1.807) is 0 Å². The summed E-state index contributed by atoms with van der Waals surface area (Å²) in [7, 11) is -3.94. The van der Waals surface area contributed by atoms with Crippen molar-refractivity contribution in [2.45, 2.75) is 11.5 Å². The number of H-pyrrole nitrogens is 1. The number of benzene rings is 1. The fourth-order valence-electron chi connectivity index (χ4n) is 1.51. The van der Waals surface area contributed by atoms with Crippen molar-refractivity contribution in [1.29, 1.82) is 0 Å². The lowest BCUT2D eigenvalue weighted by Crippen LogP contribution is -2.15. The Morgan fingerprint density at radius 1 is 1.19 bits per heavy atom. The normalized spacial score (nSPS) is 11.4. The van der Waals surface area contributed by atoms with Gasteiger partial charge in [0.1, 0.15) is 10.6 Å². The molecular formula is C12H10F2N2O4S. The van der Waals surface area contributed by atoms with E-state index in [1.165, 1.54) is 18.2 Å². The number of halogens is 2. The molecule has 0 saturated heterocycles. The first-order valence-electron chi connectivity index (χ1n) is 5.63. The predicted molar refractivity (Wildman–Crippen MR) is 70.9 cm³/mol. The molecule has 2 rings (SSSR count). The lowest BCUT2D eigenvalue weighted by atomic mass is 10.3. The summed E-state index contributed by atoms with van der Waals surface area (Å²) in [6, 6.07) is 7.31. The van der Waals surface area contributed by atoms with Gasteiger partial charge in [-0.1, -0.05) is 6.07 Å². The van der Waals surface area contributed by atoms with E-state index in [9.17, 15) is 22.0 Å². The standard InChI is InChI=1S/C12H10F2N2O4S/c13-12(14)20-9-3-1-2-8(6-9)16-21(18,19)10-4-5-11(17)15-7-10/h1-7,12,16H,(H,15,17). The summed E-state index contributed by atoms with van der Waals surface area (Å²) < 4.78 is 54.6. The zero-order valence-corrected chi connectivity index (χ0v) is 11.2. The second kappa shape index (κ2) is 5.92. The van der Waals surface area contributed by atoms with Crippen molar-refractivity contribution in [1.82, 2.24) is 4.98 Å². The number of aromatic nitrogens is 1. The van der Waals surface area contributed by atoms with Gasteiger partial charge in [0.15, 0.2) is 0 Å². The third kappa shape index (κ3) is 4.02. The van der Waals surface area contributed by atoms with Crippen LogP contribution < -0.4 is 15.0 Å². The minimum atomic E-state index is -3.94. The first-order valence-corrected chi connectivity index (χ1v) is 7.11. The van der Waals surface area contributed by atoms with Crippen LogP contribution in [0.25, 0.3) is 0 Å². The highest BCUT2D eigenvalue weighted by atomic mass is 32.2. The summed E-state index contributed by atoms with van der Waals surface area (Å²) in [6.07, 6.45) is 1.03. The zero-order chi connectivity index (χ0) is 15.5. The minimum Gasteiger partial charge on any atom is -0.435 e. The van der Waals surface area contributed by atoms with E-state index < -0.39 is 22.2 Å². The molecule has 0 saturated carbocycles. The summed E-state index contributed by atoms with van der Waals surface area (Å²) in [4.78, 5) is 13.0. The number of rotatable bonds is 5. The fourth-order valence-corrected chi connectivity index (χ4v) is 2.53. The third-order valence-corrected chi connectivity index (χ3v) is 3.76. The summed E-state index contributed by atoms with van der Waals surface area (Å²) >= 11 is 0. The Bertz CT molecular complexity index is 769. The Balaban J connectivity index is 2.24. The highest BCUT2D eigenvalue weighted by molar-refractivity contribution is 7.92. The Morgan fingerprint density at radius 3 is 2.57 bits per heavy atom. The van der Waals surface area contributed by atoms with Crippen molar-refractivity contribution in [3.05, 3.63) is 52.9 Å². The molecule has 0 spiro atoms. The molecule has 2 aromatic rings. The maximum Gasteiger partial charge on any atom is 0.387 e. The summed E-state index contributed by atoms with van der Waals surface area (Å²) in [5.41, 5.74) is -0.388. The van der Waals surface area contributed by atoms with Gasteiger partial charge in [0.05, 0.1) is 5.69 Å². The fraction of sp³-hybridized carbons (Fsp3) is 0.0833. The number of hydrogen-bond donors (Lipinski definition) is 2. The Hall–Kier alpha value is -2.42. The van der Waals surface area contributed by atoms with Gasteiger partial charge in [-0.3, -0.25) is 9.52 Å². The smallest absolute Gasteiger partial charge is 0.387 e. The van der Waals surface area contributed by atoms with Crippen molar-refractivity contribution < 1.29 is 21.9 Å². The van der Waals surface area contributed by atoms with Crippen LogP contribution in [0.1, 0.15) is 0 Å². The zero-order valence-electron chi connectivity index (χ0n) is 10.4. The predicted octanol–water partition coefficient (Wildman–Crippen LogP) is 1.78. The van der Waals surface area contributed by atoms with Crippen LogP contribution in [0.2, 0.25) is 0 Å². The van der Waals surface area contributed by atoms with Gasteiger partial charge in [-0.05, 0) is 18.2 Å². The molecule has 1 aromatic heterocycles. The monoisotopic (exact) mass is 316 g/mol. The number of nitrogens with one attached hydrogen (secondary N) is 2. The number of hydrogen-bond acceptors (Lipinski definition) is 4. The van der Waals surface area contributed by atoms with Gasteiger partial charge in [-0.25, -0.2) is 8.42 Å². The van der Waals surface area contributed by atoms with E-state index in [2.05, 4.69) is 14.4 Å². The number of ether oxygens (including phenoxy) is 1. The van der Waals surface area contributed by atoms with E-state index in [0.717, 1.165) is 24.4 Å². The van der Waals surface area contributed by atoms with Gasteiger partial charge in [-0.15, -0.1) is 0 Å². The molecule has 6 nitrogen and oxygen atoms in total. The topological polar surface area (TPSA) is 88.3 Å². The van der Waals surface area contributed by atoms with Crippen LogP contribution in [0, 0.1) is 0 Å². The van der Waals surface area contributed by atoms with Gasteiger partial charge in [0, 0.05) is 18.3 Å². The van der Waals surface area contributed by atoms with E-state index in [4.69, 9.17) is 0 Å². The number of anilines is 1. The van der Waals surface area contributed by atoms with E-state index in [0.29, 0.717) is 0 Å². The summed E-state index contributed by atoms with van der Waals surface area (Å²) in [5, 5.41) is 0. The number of aromatic amines is 1. The largest absolute Gasteiger partial charge is 0.435 e. The second-order valence-corrected chi connectivity index (χ2v) is 5.58. The molecule has 0 aliphatic carbocycles. The summed E-state index contributed by atoms with van der Waals surface area (Å²) in [5.74, 6) is -0.174. The van der Waals surface area contributed by atoms with Crippen molar-refractivity contribution >= 4 is 15.7 Å². The van der Waals surface area contributed by atoms with Crippen molar-refractivity contribution in [3.63, 3.8) is 0 Å². The molecule has 0 aliphatic rings. The van der Waals surface area contributed by atoms with Crippen LogP contribution in [0.3, 0.4) is 0 Å². The van der Waals surface area contributed by atoms with Crippen LogP contribution >= 0.6 is 0 Å². The SMILES string of the molecule is O=c1ccc(S(=O)(=O)Nc2cccc(OC(F)F)c2)c[nH]1. The minimum absolute atomic E-state index is 0.0550. The first-order chi connectivity index (χ1) is 9.87. The molecule has 21 heavy (non-hydrogen) atoms. The van der Waals surface area contributed by atoms with E-state index in [-0.39, 0.29) is 16.3 Å². The molecule has 2 N–H and O–H groups in total. The highest BCUT2D eigenvalue weighted by Crippen LogP contribution is 2.21. The molecule has 9 heteroatoms. The van der Waals surface area contributed by atoms with Crippen molar-refractivity contribution in [2.24, 2.45) is 0 Å². The van der Waals surface area contributed by atoms with Crippen molar-refractivity contribution in [3.8, 4) is 5.75 Å². The lowest BCUT2D eigenvalue weighted by molar-refractivity contribution is -0.0497. The molecular weight excluding hydrogens is 306 g/mol. The van der Waals surface area contributed by atoms with Crippen LogP contribution in [0.5, 0.6) is 5.75 Å². The molecule has 1 aromatic carbocycles. The molecule has 1 heterocycles. The van der Waals surface area contributed by atoms with Gasteiger partial charge in [0.2, 0.25) is 5.56 Å². The van der Waals surface area contributed by atoms with E-state index >= 15 is 0 Å². The van der Waals surface area contributed by atoms with Gasteiger partial charge in [0.25, 0.3) is 10.0 Å². The molecule has 0 atom stereocenters.